The number of imide groups is 1. The molecule has 1 aliphatic carbocycles. The number of fused-ring (bicyclic) bond motifs is 1. The summed E-state index contributed by atoms with van der Waals surface area (Å²) in [6.07, 6.45) is 8.91. The number of amides is 4. The lowest BCUT2D eigenvalue weighted by molar-refractivity contribution is -0.120. The summed E-state index contributed by atoms with van der Waals surface area (Å²) in [7, 11) is 0. The second-order valence-corrected chi connectivity index (χ2v) is 15.3. The van der Waals surface area contributed by atoms with E-state index in [1.165, 1.54) is 0 Å². The lowest BCUT2D eigenvalue weighted by Crippen LogP contribution is -2.49. The maximum Gasteiger partial charge on any atom is 0.328 e. The van der Waals surface area contributed by atoms with Gasteiger partial charge in [0.25, 0.3) is 5.91 Å². The molecular weight excluding hydrogens is 706 g/mol. The van der Waals surface area contributed by atoms with E-state index in [4.69, 9.17) is 21.6 Å². The smallest absolute Gasteiger partial charge is 0.328 e. The first kappa shape index (κ1) is 35.8. The van der Waals surface area contributed by atoms with Crippen LogP contribution in [0.2, 0.25) is 5.02 Å². The fourth-order valence-electron chi connectivity index (χ4n) is 8.49. The van der Waals surface area contributed by atoms with E-state index in [-0.39, 0.29) is 30.0 Å². The third-order valence-corrected chi connectivity index (χ3v) is 11.7. The Morgan fingerprint density at radius 2 is 1.80 bits per heavy atom. The van der Waals surface area contributed by atoms with Gasteiger partial charge in [-0.25, -0.2) is 4.79 Å². The molecule has 280 valence electrons. The summed E-state index contributed by atoms with van der Waals surface area (Å²) in [5, 5.41) is 24.8. The van der Waals surface area contributed by atoms with Crippen LogP contribution in [0.4, 0.5) is 16.3 Å². The van der Waals surface area contributed by atoms with Gasteiger partial charge >= 0.3 is 6.03 Å². The average molecular weight is 750 g/mol. The number of nitrogens with one attached hydrogen (secondary N) is 2. The summed E-state index contributed by atoms with van der Waals surface area (Å²) in [5.41, 5.74) is 2.70. The number of nitriles is 1. The summed E-state index contributed by atoms with van der Waals surface area (Å²) >= 11 is 6.15. The number of carbonyl (C=O) groups excluding carboxylic acids is 3. The van der Waals surface area contributed by atoms with E-state index in [1.807, 2.05) is 18.2 Å². The second-order valence-electron chi connectivity index (χ2n) is 14.9. The summed E-state index contributed by atoms with van der Waals surface area (Å²) in [6, 6.07) is 19.1. The van der Waals surface area contributed by atoms with Crippen LogP contribution in [-0.2, 0) is 4.79 Å². The zero-order chi connectivity index (χ0) is 37.2. The van der Waals surface area contributed by atoms with Crippen molar-refractivity contribution in [3.63, 3.8) is 0 Å². The minimum atomic E-state index is -0.359. The number of nitrogens with zero attached hydrogens (tertiary/aromatic N) is 7. The molecule has 3 saturated heterocycles. The molecule has 13 nitrogen and oxygen atoms in total. The van der Waals surface area contributed by atoms with Gasteiger partial charge in [0, 0.05) is 75.4 Å². The van der Waals surface area contributed by atoms with E-state index in [1.54, 1.807) is 29.2 Å². The first-order valence-corrected chi connectivity index (χ1v) is 19.4. The Bertz CT molecular complexity index is 2070. The average Bonchev–Trinajstić information content (AvgIpc) is 3.83. The highest BCUT2D eigenvalue weighted by atomic mass is 35.5. The van der Waals surface area contributed by atoms with Gasteiger partial charge in [0.1, 0.15) is 11.8 Å². The van der Waals surface area contributed by atoms with Crippen molar-refractivity contribution in [2.24, 2.45) is 5.92 Å². The molecule has 5 heterocycles. The molecule has 4 fully saturated rings. The van der Waals surface area contributed by atoms with Gasteiger partial charge < -0.3 is 24.4 Å². The van der Waals surface area contributed by atoms with Gasteiger partial charge in [0.05, 0.1) is 27.9 Å². The first-order chi connectivity index (χ1) is 26.3. The number of carbonyl (C=O) groups is 3. The Balaban J connectivity index is 0.777. The predicted molar refractivity (Wildman–Crippen MR) is 205 cm³/mol. The molecule has 0 spiro atoms. The van der Waals surface area contributed by atoms with Crippen molar-refractivity contribution in [1.82, 2.24) is 30.3 Å². The zero-order valence-electron chi connectivity index (χ0n) is 30.1. The summed E-state index contributed by atoms with van der Waals surface area (Å²) in [5.74, 6) is 1.63. The molecule has 2 aromatic heterocycles. The van der Waals surface area contributed by atoms with E-state index in [0.717, 1.165) is 100 Å². The van der Waals surface area contributed by atoms with Gasteiger partial charge in [-0.05, 0) is 93.3 Å². The Labute approximate surface area is 319 Å². The molecule has 0 unspecified atom stereocenters. The number of benzene rings is 2. The molecule has 4 aliphatic rings. The number of hydrogen-bond donors (Lipinski definition) is 2. The Morgan fingerprint density at radius 3 is 2.54 bits per heavy atom. The number of halogens is 1. The molecule has 2 aromatic carbocycles. The molecule has 8 rings (SSSR count). The van der Waals surface area contributed by atoms with Crippen LogP contribution >= 0.6 is 11.6 Å². The van der Waals surface area contributed by atoms with Crippen molar-refractivity contribution in [2.75, 3.05) is 49.1 Å². The fourth-order valence-corrected chi connectivity index (χ4v) is 8.70. The largest absolute Gasteiger partial charge is 0.490 e. The highest BCUT2D eigenvalue weighted by Gasteiger charge is 2.31. The topological polar surface area (TPSA) is 149 Å². The van der Waals surface area contributed by atoms with E-state index in [2.05, 4.69) is 59.6 Å². The van der Waals surface area contributed by atoms with Gasteiger partial charge in [-0.2, -0.15) is 5.26 Å². The van der Waals surface area contributed by atoms with Crippen LogP contribution in [0.3, 0.4) is 0 Å². The molecule has 54 heavy (non-hydrogen) atoms. The molecule has 4 aromatic rings. The summed E-state index contributed by atoms with van der Waals surface area (Å²) in [6.45, 7) is 5.31. The van der Waals surface area contributed by atoms with Crippen LogP contribution in [0.15, 0.2) is 60.8 Å². The maximum absolute atomic E-state index is 13.0. The zero-order valence-corrected chi connectivity index (χ0v) is 30.9. The third-order valence-electron chi connectivity index (χ3n) is 11.4. The Morgan fingerprint density at radius 1 is 0.963 bits per heavy atom. The summed E-state index contributed by atoms with van der Waals surface area (Å²) < 4.78 is 8.44. The molecule has 4 amide bonds. The lowest BCUT2D eigenvalue weighted by atomic mass is 9.93. The number of piperidine rings is 1. The SMILES string of the molecule is N#Cc1ccc(OC2CCC(NC(=O)c3ccc(N4CCC(CN5CC[C@@H](n6ccc7c(N8CCC(=O)NC8=O)cccc76)C5)CC4)nn3)CC2)cc1Cl. The minimum absolute atomic E-state index is 0.0330. The number of aromatic nitrogens is 3. The van der Waals surface area contributed by atoms with Crippen molar-refractivity contribution < 1.29 is 19.1 Å². The van der Waals surface area contributed by atoms with Crippen LogP contribution in [0, 0.1) is 17.2 Å². The number of anilines is 2. The lowest BCUT2D eigenvalue weighted by Gasteiger charge is -2.34. The number of hydrogen-bond acceptors (Lipinski definition) is 9. The van der Waals surface area contributed by atoms with Crippen LogP contribution < -0.4 is 25.2 Å². The molecule has 14 heteroatoms. The Kier molecular flexibility index (Phi) is 10.4. The normalized spacial score (nSPS) is 22.6. The molecule has 2 N–H and O–H groups in total. The van der Waals surface area contributed by atoms with Gasteiger partial charge in [-0.1, -0.05) is 17.7 Å². The van der Waals surface area contributed by atoms with Crippen molar-refractivity contribution in [3.05, 3.63) is 77.1 Å². The van der Waals surface area contributed by atoms with Crippen molar-refractivity contribution >= 4 is 51.9 Å². The van der Waals surface area contributed by atoms with Gasteiger partial charge in [-0.3, -0.25) is 19.8 Å². The number of rotatable bonds is 9. The molecule has 1 saturated carbocycles. The number of urea groups is 1. The molecule has 3 aliphatic heterocycles. The number of ether oxygens (including phenoxy) is 1. The van der Waals surface area contributed by atoms with Crippen molar-refractivity contribution in [1.29, 1.82) is 5.26 Å². The van der Waals surface area contributed by atoms with Crippen LogP contribution in [0.25, 0.3) is 10.9 Å². The minimum Gasteiger partial charge on any atom is -0.490 e. The highest BCUT2D eigenvalue weighted by Crippen LogP contribution is 2.34. The van der Waals surface area contributed by atoms with E-state index < -0.39 is 0 Å². The second kappa shape index (κ2) is 15.7. The van der Waals surface area contributed by atoms with Crippen LogP contribution in [-0.4, -0.2) is 88.9 Å². The predicted octanol–water partition coefficient (Wildman–Crippen LogP) is 5.69. The van der Waals surface area contributed by atoms with Gasteiger partial charge in [0.2, 0.25) is 5.91 Å². The van der Waals surface area contributed by atoms with E-state index in [9.17, 15) is 14.4 Å². The van der Waals surface area contributed by atoms with Gasteiger partial charge in [-0.15, -0.1) is 10.2 Å². The molecule has 1 atom stereocenters. The maximum atomic E-state index is 13.0. The van der Waals surface area contributed by atoms with Crippen molar-refractivity contribution in [3.8, 4) is 11.8 Å². The van der Waals surface area contributed by atoms with Crippen molar-refractivity contribution in [2.45, 2.75) is 69.6 Å². The standard InChI is InChI=1S/C40H44ClN9O4/c41-33-22-31(7-4-27(33)23-42)54-30-8-5-28(6-9-30)43-39(52)34-10-11-37(46-45-34)48-18-12-26(13-19-48)24-47-17-14-29(25-47)49-20-15-32-35(49)2-1-3-36(32)50-21-16-38(51)44-40(50)53/h1-4,7,10-11,15,20,22,26,28-30H,5-6,8-9,12-14,16-19,21,24-25H2,(H,43,52)(H,44,51,53)/t28?,29-,30?/m1/s1. The Hall–Kier alpha value is -5.19. The highest BCUT2D eigenvalue weighted by molar-refractivity contribution is 6.31. The fraction of sp³-hybridized carbons (Fsp3) is 0.450. The quantitative estimate of drug-likeness (QED) is 0.220. The van der Waals surface area contributed by atoms with E-state index in [0.29, 0.717) is 47.0 Å². The van der Waals surface area contributed by atoms with Gasteiger partial charge in [0.15, 0.2) is 11.5 Å². The third kappa shape index (κ3) is 7.72. The summed E-state index contributed by atoms with van der Waals surface area (Å²) in [4.78, 5) is 43.8. The van der Waals surface area contributed by atoms with E-state index >= 15 is 0 Å². The monoisotopic (exact) mass is 749 g/mol. The number of likely N-dealkylation sites (tertiary alicyclic amines) is 1. The van der Waals surface area contributed by atoms with Crippen LogP contribution in [0.5, 0.6) is 5.75 Å². The molecule has 0 radical (unpaired) electrons. The molecule has 0 bridgehead atoms. The first-order valence-electron chi connectivity index (χ1n) is 19.0. The molecular formula is C40H44ClN9O4. The van der Waals surface area contributed by atoms with Crippen LogP contribution in [0.1, 0.15) is 73.5 Å².